The summed E-state index contributed by atoms with van der Waals surface area (Å²) in [6, 6.07) is 12.7. The van der Waals surface area contributed by atoms with Gasteiger partial charge >= 0.3 is 5.97 Å². The van der Waals surface area contributed by atoms with Gasteiger partial charge < -0.3 is 5.11 Å². The van der Waals surface area contributed by atoms with E-state index in [1.54, 1.807) is 24.3 Å². The summed E-state index contributed by atoms with van der Waals surface area (Å²) in [4.78, 5) is 12.9. The van der Waals surface area contributed by atoms with Gasteiger partial charge in [0, 0.05) is 5.92 Å². The van der Waals surface area contributed by atoms with Crippen LogP contribution in [0.5, 0.6) is 0 Å². The Morgan fingerprint density at radius 1 is 0.963 bits per heavy atom. The maximum atomic E-state index is 13.3. The molecule has 148 valence electrons. The van der Waals surface area contributed by atoms with Crippen molar-refractivity contribution in [1.82, 2.24) is 4.90 Å². The number of hydrogen-bond acceptors (Lipinski definition) is 2. The Bertz CT molecular complexity index is 647. The van der Waals surface area contributed by atoms with Gasteiger partial charge in [-0.2, -0.15) is 0 Å². The molecule has 0 heterocycles. The number of halogens is 3. The van der Waals surface area contributed by atoms with E-state index in [-0.39, 0.29) is 36.5 Å². The summed E-state index contributed by atoms with van der Waals surface area (Å²) in [6.45, 7) is 3.48. The second-order valence-corrected chi connectivity index (χ2v) is 6.47. The number of carbonyl (C=O) groups is 1. The van der Waals surface area contributed by atoms with E-state index in [0.717, 1.165) is 36.9 Å². The summed E-state index contributed by atoms with van der Waals surface area (Å²) in [5.41, 5.74) is 1.94. The standard InChI is InChI=1S/C21H25F2NO2.ClH/c1-2-13-24(15-21(25)26)14-3-4-20(16-5-9-18(22)10-6-16)17-7-11-19(23)12-8-17;/h5-12,20H,2-4,13-15H2,1H3,(H,25,26);1H. The SMILES string of the molecule is CCCN(CCCC(c1ccc(F)cc1)c1ccc(F)cc1)CC(=O)O.Cl. The van der Waals surface area contributed by atoms with Gasteiger partial charge in [0.15, 0.2) is 0 Å². The number of carboxylic acid groups (broad SMARTS) is 1. The van der Waals surface area contributed by atoms with Gasteiger partial charge in [-0.1, -0.05) is 31.2 Å². The number of rotatable bonds is 10. The summed E-state index contributed by atoms with van der Waals surface area (Å²) in [5.74, 6) is -1.39. The van der Waals surface area contributed by atoms with Gasteiger partial charge in [0.2, 0.25) is 0 Å². The molecule has 0 amide bonds. The van der Waals surface area contributed by atoms with Crippen LogP contribution in [0, 0.1) is 11.6 Å². The largest absolute Gasteiger partial charge is 0.480 e. The van der Waals surface area contributed by atoms with Crippen molar-refractivity contribution in [1.29, 1.82) is 0 Å². The summed E-state index contributed by atoms with van der Waals surface area (Å²) in [5, 5.41) is 9.01. The van der Waals surface area contributed by atoms with E-state index in [9.17, 15) is 13.6 Å². The van der Waals surface area contributed by atoms with Crippen LogP contribution in [0.1, 0.15) is 43.2 Å². The summed E-state index contributed by atoms with van der Waals surface area (Å²) >= 11 is 0. The Hall–Kier alpha value is -1.98. The normalized spacial score (nSPS) is 10.9. The molecule has 0 aliphatic heterocycles. The molecule has 27 heavy (non-hydrogen) atoms. The van der Waals surface area contributed by atoms with Gasteiger partial charge in [-0.05, 0) is 67.7 Å². The maximum absolute atomic E-state index is 13.3. The number of nitrogens with zero attached hydrogens (tertiary/aromatic N) is 1. The third kappa shape index (κ3) is 7.65. The van der Waals surface area contributed by atoms with Crippen molar-refractivity contribution in [2.45, 2.75) is 32.1 Å². The van der Waals surface area contributed by atoms with E-state index in [1.165, 1.54) is 24.3 Å². The predicted molar refractivity (Wildman–Crippen MR) is 105 cm³/mol. The van der Waals surface area contributed by atoms with Gasteiger partial charge in [0.1, 0.15) is 11.6 Å². The molecule has 0 radical (unpaired) electrons. The molecule has 6 heteroatoms. The lowest BCUT2D eigenvalue weighted by Crippen LogP contribution is -2.31. The highest BCUT2D eigenvalue weighted by molar-refractivity contribution is 5.85. The fourth-order valence-electron chi connectivity index (χ4n) is 3.21. The second-order valence-electron chi connectivity index (χ2n) is 6.47. The first-order chi connectivity index (χ1) is 12.5. The highest BCUT2D eigenvalue weighted by atomic mass is 35.5. The van der Waals surface area contributed by atoms with Crippen LogP contribution >= 0.6 is 12.4 Å². The van der Waals surface area contributed by atoms with Crippen molar-refractivity contribution in [3.8, 4) is 0 Å². The predicted octanol–water partition coefficient (Wildman–Crippen LogP) is 5.10. The minimum absolute atomic E-state index is 0. The molecule has 0 bridgehead atoms. The number of benzene rings is 2. The highest BCUT2D eigenvalue weighted by Gasteiger charge is 2.16. The molecule has 3 nitrogen and oxygen atoms in total. The van der Waals surface area contributed by atoms with Crippen molar-refractivity contribution in [3.63, 3.8) is 0 Å². The molecule has 0 atom stereocenters. The maximum Gasteiger partial charge on any atom is 0.317 e. The van der Waals surface area contributed by atoms with E-state index in [4.69, 9.17) is 5.11 Å². The Kier molecular flexibility index (Phi) is 9.97. The Labute approximate surface area is 165 Å². The van der Waals surface area contributed by atoms with Crippen LogP contribution in [-0.2, 0) is 4.79 Å². The lowest BCUT2D eigenvalue weighted by atomic mass is 9.87. The molecule has 0 spiro atoms. The monoisotopic (exact) mass is 397 g/mol. The average Bonchev–Trinajstić information content (AvgIpc) is 2.60. The molecule has 0 unspecified atom stereocenters. The number of hydrogen-bond donors (Lipinski definition) is 1. The first-order valence-electron chi connectivity index (χ1n) is 8.94. The Morgan fingerprint density at radius 2 is 1.44 bits per heavy atom. The summed E-state index contributed by atoms with van der Waals surface area (Å²) in [7, 11) is 0. The van der Waals surface area contributed by atoms with E-state index in [2.05, 4.69) is 0 Å². The molecule has 0 saturated heterocycles. The minimum atomic E-state index is -0.827. The summed E-state index contributed by atoms with van der Waals surface area (Å²) < 4.78 is 26.5. The number of aliphatic carboxylic acids is 1. The van der Waals surface area contributed by atoms with Crippen molar-refractivity contribution < 1.29 is 18.7 Å². The van der Waals surface area contributed by atoms with Gasteiger partial charge in [-0.3, -0.25) is 9.69 Å². The zero-order chi connectivity index (χ0) is 18.9. The van der Waals surface area contributed by atoms with Crippen molar-refractivity contribution in [3.05, 3.63) is 71.3 Å². The van der Waals surface area contributed by atoms with Crippen molar-refractivity contribution in [2.75, 3.05) is 19.6 Å². The first kappa shape index (κ1) is 23.1. The van der Waals surface area contributed by atoms with Crippen LogP contribution in [0.4, 0.5) is 8.78 Å². The van der Waals surface area contributed by atoms with Crippen molar-refractivity contribution in [2.24, 2.45) is 0 Å². The van der Waals surface area contributed by atoms with Gasteiger partial charge in [0.25, 0.3) is 0 Å². The first-order valence-corrected chi connectivity index (χ1v) is 8.94. The zero-order valence-corrected chi connectivity index (χ0v) is 16.2. The van der Waals surface area contributed by atoms with Crippen LogP contribution in [0.2, 0.25) is 0 Å². The molecule has 2 aromatic carbocycles. The molecule has 0 saturated carbocycles. The van der Waals surface area contributed by atoms with Gasteiger partial charge in [0.05, 0.1) is 6.54 Å². The van der Waals surface area contributed by atoms with Crippen LogP contribution in [0.15, 0.2) is 48.5 Å². The van der Waals surface area contributed by atoms with Gasteiger partial charge in [-0.25, -0.2) is 8.78 Å². The molecule has 0 aliphatic rings. The van der Waals surface area contributed by atoms with Crippen molar-refractivity contribution >= 4 is 18.4 Å². The number of carboxylic acids is 1. The Morgan fingerprint density at radius 3 is 1.85 bits per heavy atom. The van der Waals surface area contributed by atoms with E-state index in [0.29, 0.717) is 6.54 Å². The van der Waals surface area contributed by atoms with Crippen LogP contribution in [0.3, 0.4) is 0 Å². The topological polar surface area (TPSA) is 40.5 Å². The zero-order valence-electron chi connectivity index (χ0n) is 15.4. The molecular formula is C21H26ClF2NO2. The lowest BCUT2D eigenvalue weighted by Gasteiger charge is -2.22. The lowest BCUT2D eigenvalue weighted by molar-refractivity contribution is -0.138. The molecule has 0 fully saturated rings. The fourth-order valence-corrected chi connectivity index (χ4v) is 3.21. The van der Waals surface area contributed by atoms with E-state index in [1.807, 2.05) is 11.8 Å². The molecule has 1 N–H and O–H groups in total. The van der Waals surface area contributed by atoms with Crippen LogP contribution < -0.4 is 0 Å². The quantitative estimate of drug-likeness (QED) is 0.606. The third-order valence-electron chi connectivity index (χ3n) is 4.41. The smallest absolute Gasteiger partial charge is 0.317 e. The second kappa shape index (κ2) is 11.7. The molecule has 0 aliphatic carbocycles. The molecular weight excluding hydrogens is 372 g/mol. The van der Waals surface area contributed by atoms with Crippen LogP contribution in [0.25, 0.3) is 0 Å². The van der Waals surface area contributed by atoms with Gasteiger partial charge in [-0.15, -0.1) is 12.4 Å². The third-order valence-corrected chi connectivity index (χ3v) is 4.41. The van der Waals surface area contributed by atoms with E-state index < -0.39 is 5.97 Å². The molecule has 2 rings (SSSR count). The summed E-state index contributed by atoms with van der Waals surface area (Å²) in [6.07, 6.45) is 2.47. The fraction of sp³-hybridized carbons (Fsp3) is 0.381. The highest BCUT2D eigenvalue weighted by Crippen LogP contribution is 2.29. The molecule has 0 aromatic heterocycles. The Balaban J connectivity index is 0.00000364. The minimum Gasteiger partial charge on any atom is -0.480 e. The van der Waals surface area contributed by atoms with Crippen LogP contribution in [-0.4, -0.2) is 35.6 Å². The van der Waals surface area contributed by atoms with E-state index >= 15 is 0 Å². The average molecular weight is 398 g/mol. The molecule has 2 aromatic rings.